The molecular weight excluding hydrogens is 256 g/mol. The smallest absolute Gasteiger partial charge is 0.303 e. The van der Waals surface area contributed by atoms with E-state index in [9.17, 15) is 13.2 Å². The molecule has 1 fully saturated rings. The summed E-state index contributed by atoms with van der Waals surface area (Å²) in [6.07, 6.45) is 5.18. The van der Waals surface area contributed by atoms with Gasteiger partial charge in [0.05, 0.1) is 0 Å². The van der Waals surface area contributed by atoms with Gasteiger partial charge in [-0.25, -0.2) is 4.72 Å². The Labute approximate surface area is 109 Å². The van der Waals surface area contributed by atoms with Gasteiger partial charge in [-0.15, -0.1) is 0 Å². The van der Waals surface area contributed by atoms with Crippen LogP contribution in [0.1, 0.15) is 44.9 Å². The highest BCUT2D eigenvalue weighted by molar-refractivity contribution is 7.87. The molecule has 1 heterocycles. The quantitative estimate of drug-likeness (QED) is 0.615. The summed E-state index contributed by atoms with van der Waals surface area (Å²) < 4.78 is 27.6. The van der Waals surface area contributed by atoms with Crippen molar-refractivity contribution in [1.29, 1.82) is 0 Å². The van der Waals surface area contributed by atoms with Gasteiger partial charge < -0.3 is 5.11 Å². The van der Waals surface area contributed by atoms with Crippen LogP contribution in [0.3, 0.4) is 0 Å². The molecule has 1 aliphatic heterocycles. The van der Waals surface area contributed by atoms with E-state index in [2.05, 4.69) is 4.72 Å². The summed E-state index contributed by atoms with van der Waals surface area (Å²) in [5, 5.41) is 8.45. The topological polar surface area (TPSA) is 86.7 Å². The molecule has 0 aromatic rings. The Morgan fingerprint density at radius 3 is 2.33 bits per heavy atom. The first-order valence-electron chi connectivity index (χ1n) is 6.49. The lowest BCUT2D eigenvalue weighted by Crippen LogP contribution is -2.39. The van der Waals surface area contributed by atoms with Gasteiger partial charge in [-0.05, 0) is 25.7 Å². The molecule has 0 unspecified atom stereocenters. The van der Waals surface area contributed by atoms with Crippen LogP contribution in [0.4, 0.5) is 0 Å². The van der Waals surface area contributed by atoms with Crippen LogP contribution in [0, 0.1) is 0 Å². The first-order valence-corrected chi connectivity index (χ1v) is 7.93. The van der Waals surface area contributed by atoms with Crippen LogP contribution in [-0.2, 0) is 15.0 Å². The third kappa shape index (κ3) is 5.79. The number of carboxylic acids is 1. The van der Waals surface area contributed by atoms with Gasteiger partial charge in [-0.3, -0.25) is 4.79 Å². The van der Waals surface area contributed by atoms with Gasteiger partial charge in [-0.1, -0.05) is 12.8 Å². The third-order valence-electron chi connectivity index (χ3n) is 3.01. The second-order valence-electron chi connectivity index (χ2n) is 4.56. The van der Waals surface area contributed by atoms with Crippen molar-refractivity contribution in [3.05, 3.63) is 0 Å². The molecule has 0 atom stereocenters. The summed E-state index contributed by atoms with van der Waals surface area (Å²) in [4.78, 5) is 10.3. The minimum atomic E-state index is -3.28. The molecule has 2 N–H and O–H groups in total. The number of rotatable bonds is 9. The fourth-order valence-corrected chi connectivity index (χ4v) is 3.30. The SMILES string of the molecule is O=C(O)CCCCCCNS(=O)(=O)N1CCCC1. The van der Waals surface area contributed by atoms with Crippen molar-refractivity contribution in [2.75, 3.05) is 19.6 Å². The fourth-order valence-electron chi connectivity index (χ4n) is 1.98. The van der Waals surface area contributed by atoms with Gasteiger partial charge in [0.2, 0.25) is 0 Å². The Morgan fingerprint density at radius 1 is 1.11 bits per heavy atom. The van der Waals surface area contributed by atoms with Crippen LogP contribution in [0.2, 0.25) is 0 Å². The first kappa shape index (κ1) is 15.4. The number of carboxylic acid groups (broad SMARTS) is 1. The van der Waals surface area contributed by atoms with Gasteiger partial charge >= 0.3 is 5.97 Å². The number of nitrogens with zero attached hydrogens (tertiary/aromatic N) is 1. The highest BCUT2D eigenvalue weighted by atomic mass is 32.2. The molecule has 0 spiro atoms. The lowest BCUT2D eigenvalue weighted by atomic mass is 10.1. The molecule has 1 aliphatic rings. The van der Waals surface area contributed by atoms with Crippen LogP contribution in [0.5, 0.6) is 0 Å². The van der Waals surface area contributed by atoms with E-state index < -0.39 is 16.2 Å². The van der Waals surface area contributed by atoms with E-state index in [0.29, 0.717) is 26.1 Å². The minimum absolute atomic E-state index is 0.194. The molecule has 6 nitrogen and oxygen atoms in total. The van der Waals surface area contributed by atoms with E-state index in [1.165, 1.54) is 4.31 Å². The zero-order valence-corrected chi connectivity index (χ0v) is 11.4. The Kier molecular flexibility index (Phi) is 6.59. The maximum Gasteiger partial charge on any atom is 0.303 e. The summed E-state index contributed by atoms with van der Waals surface area (Å²) in [6.45, 7) is 1.67. The number of carbonyl (C=O) groups is 1. The summed E-state index contributed by atoms with van der Waals surface area (Å²) in [7, 11) is -3.28. The average Bonchev–Trinajstić information content (AvgIpc) is 2.81. The minimum Gasteiger partial charge on any atom is -0.481 e. The van der Waals surface area contributed by atoms with Crippen LogP contribution in [0.15, 0.2) is 0 Å². The van der Waals surface area contributed by atoms with Crippen molar-refractivity contribution in [1.82, 2.24) is 9.03 Å². The molecule has 18 heavy (non-hydrogen) atoms. The molecule has 0 aliphatic carbocycles. The molecule has 0 aromatic carbocycles. The van der Waals surface area contributed by atoms with Crippen LogP contribution >= 0.6 is 0 Å². The number of hydrogen-bond donors (Lipinski definition) is 2. The van der Waals surface area contributed by atoms with Crippen molar-refractivity contribution >= 4 is 16.2 Å². The molecule has 0 radical (unpaired) electrons. The van der Waals surface area contributed by atoms with Gasteiger partial charge in [0.25, 0.3) is 10.2 Å². The summed E-state index contributed by atoms with van der Waals surface area (Å²) in [5.74, 6) is -0.773. The van der Waals surface area contributed by atoms with E-state index >= 15 is 0 Å². The predicted molar refractivity (Wildman–Crippen MR) is 68.5 cm³/mol. The molecule has 0 aromatic heterocycles. The first-order chi connectivity index (χ1) is 8.52. The Balaban J connectivity index is 2.05. The largest absolute Gasteiger partial charge is 0.481 e. The maximum atomic E-state index is 11.7. The van der Waals surface area contributed by atoms with Crippen molar-refractivity contribution < 1.29 is 18.3 Å². The summed E-state index contributed by atoms with van der Waals surface area (Å²) in [6, 6.07) is 0. The lowest BCUT2D eigenvalue weighted by molar-refractivity contribution is -0.137. The van der Waals surface area contributed by atoms with Crippen molar-refractivity contribution in [3.8, 4) is 0 Å². The van der Waals surface area contributed by atoms with Gasteiger partial charge in [-0.2, -0.15) is 12.7 Å². The zero-order valence-electron chi connectivity index (χ0n) is 10.6. The standard InChI is InChI=1S/C11H22N2O4S/c14-11(15)7-3-1-2-4-8-12-18(16,17)13-9-5-6-10-13/h12H,1-10H2,(H,14,15). The number of hydrogen-bond acceptors (Lipinski definition) is 3. The highest BCUT2D eigenvalue weighted by Gasteiger charge is 2.24. The van der Waals surface area contributed by atoms with E-state index in [0.717, 1.165) is 32.1 Å². The predicted octanol–water partition coefficient (Wildman–Crippen LogP) is 0.952. The summed E-state index contributed by atoms with van der Waals surface area (Å²) in [5.41, 5.74) is 0. The van der Waals surface area contributed by atoms with Crippen LogP contribution in [0.25, 0.3) is 0 Å². The van der Waals surface area contributed by atoms with E-state index in [4.69, 9.17) is 5.11 Å². The van der Waals surface area contributed by atoms with Crippen LogP contribution < -0.4 is 4.72 Å². The van der Waals surface area contributed by atoms with E-state index in [-0.39, 0.29) is 6.42 Å². The molecule has 0 amide bonds. The van der Waals surface area contributed by atoms with E-state index in [1.54, 1.807) is 0 Å². The highest BCUT2D eigenvalue weighted by Crippen LogP contribution is 2.11. The molecule has 106 valence electrons. The number of nitrogens with one attached hydrogen (secondary N) is 1. The lowest BCUT2D eigenvalue weighted by Gasteiger charge is -2.15. The third-order valence-corrected chi connectivity index (χ3v) is 4.62. The van der Waals surface area contributed by atoms with Gasteiger partial charge in [0.1, 0.15) is 0 Å². The molecular formula is C11H22N2O4S. The number of aliphatic carboxylic acids is 1. The molecule has 0 saturated carbocycles. The van der Waals surface area contributed by atoms with E-state index in [1.807, 2.05) is 0 Å². The second kappa shape index (κ2) is 7.70. The Hall–Kier alpha value is -0.660. The maximum absolute atomic E-state index is 11.7. The second-order valence-corrected chi connectivity index (χ2v) is 6.32. The molecule has 1 saturated heterocycles. The van der Waals surface area contributed by atoms with Crippen molar-refractivity contribution in [2.45, 2.75) is 44.9 Å². The molecule has 0 bridgehead atoms. The Bertz CT molecular complexity index is 350. The average molecular weight is 278 g/mol. The summed E-state index contributed by atoms with van der Waals surface area (Å²) >= 11 is 0. The monoisotopic (exact) mass is 278 g/mol. The number of unbranched alkanes of at least 4 members (excludes halogenated alkanes) is 3. The van der Waals surface area contributed by atoms with Crippen molar-refractivity contribution in [2.24, 2.45) is 0 Å². The normalized spacial score (nSPS) is 17.1. The molecule has 7 heteroatoms. The van der Waals surface area contributed by atoms with Gasteiger partial charge in [0, 0.05) is 26.1 Å². The van der Waals surface area contributed by atoms with Crippen molar-refractivity contribution in [3.63, 3.8) is 0 Å². The van der Waals surface area contributed by atoms with Crippen LogP contribution in [-0.4, -0.2) is 43.4 Å². The fraction of sp³-hybridized carbons (Fsp3) is 0.909. The molecule has 1 rings (SSSR count). The Morgan fingerprint density at radius 2 is 1.72 bits per heavy atom. The zero-order chi connectivity index (χ0) is 13.4. The van der Waals surface area contributed by atoms with Gasteiger partial charge in [0.15, 0.2) is 0 Å².